The van der Waals surface area contributed by atoms with Crippen molar-refractivity contribution >= 4 is 96.0 Å². The predicted molar refractivity (Wildman–Crippen MR) is 353 cm³/mol. The summed E-state index contributed by atoms with van der Waals surface area (Å²) in [6.45, 7) is 13.6. The molecular formula is C78H62BN3O. The Bertz CT molecular complexity index is 4530. The van der Waals surface area contributed by atoms with E-state index in [0.717, 1.165) is 67.4 Å². The first-order valence-electron chi connectivity index (χ1n) is 29.1. The fraction of sp³-hybridized carbons (Fsp3) is 0.103. The van der Waals surface area contributed by atoms with Crippen molar-refractivity contribution in [3.05, 3.63) is 278 Å². The van der Waals surface area contributed by atoms with Gasteiger partial charge in [0.2, 0.25) is 0 Å². The standard InChI is InChI=1S/C78H62BN3O/c1-77(2,3)57-34-41-61(42-35-57)82-68-46-47-72-73(64-28-18-19-29-71(64)83-72)75(68)74-63-27-17-16-26-56(63)48-70-76(74)79(82)66-44-43-62(50-69(66)81(70)67-45-36-58(78(4,5)6)49-65(67)55-24-14-9-15-25-55)80(59-37-30-53(31-38-59)51-20-10-7-11-21-51)60-39-32-54(33-40-60)52-22-12-8-13-23-52/h7-50H,1-6H3. The molecule has 0 spiro atoms. The summed E-state index contributed by atoms with van der Waals surface area (Å²) in [5.74, 6) is 0. The van der Waals surface area contributed by atoms with Crippen LogP contribution in [0.15, 0.2) is 271 Å². The van der Waals surface area contributed by atoms with Gasteiger partial charge in [-0.15, -0.1) is 0 Å². The van der Waals surface area contributed by atoms with Crippen molar-refractivity contribution in [3.8, 4) is 44.5 Å². The maximum atomic E-state index is 6.82. The molecule has 398 valence electrons. The summed E-state index contributed by atoms with van der Waals surface area (Å²) in [5, 5.41) is 4.63. The maximum Gasteiger partial charge on any atom is 0.333 e. The highest BCUT2D eigenvalue weighted by atomic mass is 16.3. The van der Waals surface area contributed by atoms with Crippen LogP contribution in [0.1, 0.15) is 52.7 Å². The zero-order chi connectivity index (χ0) is 56.1. The lowest BCUT2D eigenvalue weighted by molar-refractivity contribution is 0.590. The Morgan fingerprint density at radius 2 is 0.904 bits per heavy atom. The molecule has 0 radical (unpaired) electrons. The van der Waals surface area contributed by atoms with Crippen LogP contribution >= 0.6 is 0 Å². The lowest BCUT2D eigenvalue weighted by Crippen LogP contribution is -2.61. The van der Waals surface area contributed by atoms with Gasteiger partial charge in [-0.25, -0.2) is 0 Å². The van der Waals surface area contributed by atoms with Gasteiger partial charge in [0.1, 0.15) is 11.2 Å². The maximum absolute atomic E-state index is 6.82. The molecule has 12 aromatic carbocycles. The SMILES string of the molecule is CC(C)(C)c1ccc(N2B3c4ccc(N(c5ccc(-c6ccccc6)cc5)c5ccc(-c6ccccc6)cc5)cc4N(c4ccc(C(C)(C)C)cc4-c4ccccc4)c4cc5ccccc5c(c43)-c3c2ccc2oc4ccccc4c32)cc1. The van der Waals surface area contributed by atoms with Crippen LogP contribution in [0.4, 0.5) is 45.5 Å². The van der Waals surface area contributed by atoms with Crippen molar-refractivity contribution in [2.45, 2.75) is 52.4 Å². The second-order valence-corrected chi connectivity index (χ2v) is 24.5. The molecule has 1 aromatic heterocycles. The number of hydrogen-bond donors (Lipinski definition) is 0. The van der Waals surface area contributed by atoms with Crippen molar-refractivity contribution in [2.75, 3.05) is 14.6 Å². The number of furan rings is 1. The van der Waals surface area contributed by atoms with Gasteiger partial charge in [-0.3, -0.25) is 0 Å². The zero-order valence-corrected chi connectivity index (χ0v) is 47.7. The molecule has 4 nitrogen and oxygen atoms in total. The number of nitrogens with zero attached hydrogens (tertiary/aromatic N) is 3. The molecule has 0 bridgehead atoms. The molecular weight excluding hydrogens is 1010 g/mol. The van der Waals surface area contributed by atoms with Crippen molar-refractivity contribution in [3.63, 3.8) is 0 Å². The summed E-state index contributed by atoms with van der Waals surface area (Å²) < 4.78 is 6.82. The van der Waals surface area contributed by atoms with Gasteiger partial charge in [-0.2, -0.15) is 0 Å². The molecule has 0 aliphatic carbocycles. The number of para-hydroxylation sites is 1. The second-order valence-electron chi connectivity index (χ2n) is 24.5. The number of benzene rings is 12. The van der Waals surface area contributed by atoms with Crippen LogP contribution in [0.5, 0.6) is 0 Å². The first-order valence-corrected chi connectivity index (χ1v) is 29.1. The summed E-state index contributed by atoms with van der Waals surface area (Å²) in [6.07, 6.45) is 0. The van der Waals surface area contributed by atoms with Crippen LogP contribution < -0.4 is 25.5 Å². The topological polar surface area (TPSA) is 22.9 Å². The molecule has 0 atom stereocenters. The van der Waals surface area contributed by atoms with E-state index >= 15 is 0 Å². The molecule has 0 unspecified atom stereocenters. The Morgan fingerprint density at radius 1 is 0.373 bits per heavy atom. The van der Waals surface area contributed by atoms with Crippen molar-refractivity contribution in [1.29, 1.82) is 0 Å². The van der Waals surface area contributed by atoms with E-state index in [-0.39, 0.29) is 17.7 Å². The fourth-order valence-electron chi connectivity index (χ4n) is 13.2. The molecule has 83 heavy (non-hydrogen) atoms. The minimum atomic E-state index is -0.244. The number of hydrogen-bond acceptors (Lipinski definition) is 4. The summed E-state index contributed by atoms with van der Waals surface area (Å²) in [6, 6.07) is 98.9. The largest absolute Gasteiger partial charge is 0.456 e. The van der Waals surface area contributed by atoms with Crippen LogP contribution in [-0.2, 0) is 10.8 Å². The first-order chi connectivity index (χ1) is 40.4. The van der Waals surface area contributed by atoms with Gasteiger partial charge >= 0.3 is 6.85 Å². The van der Waals surface area contributed by atoms with Gasteiger partial charge in [-0.05, 0) is 162 Å². The van der Waals surface area contributed by atoms with Crippen molar-refractivity contribution in [1.82, 2.24) is 0 Å². The van der Waals surface area contributed by atoms with Gasteiger partial charge in [0.05, 0.1) is 5.69 Å². The van der Waals surface area contributed by atoms with Gasteiger partial charge in [0.15, 0.2) is 0 Å². The Labute approximate surface area is 487 Å². The Hall–Kier alpha value is -9.84. The zero-order valence-electron chi connectivity index (χ0n) is 47.7. The van der Waals surface area contributed by atoms with Gasteiger partial charge in [0.25, 0.3) is 0 Å². The smallest absolute Gasteiger partial charge is 0.333 e. The molecule has 0 saturated heterocycles. The average molecular weight is 1070 g/mol. The second kappa shape index (κ2) is 19.4. The van der Waals surface area contributed by atoms with E-state index in [0.29, 0.717) is 0 Å². The molecule has 0 fully saturated rings. The van der Waals surface area contributed by atoms with Crippen LogP contribution in [0.2, 0.25) is 0 Å². The third-order valence-corrected chi connectivity index (χ3v) is 17.3. The van der Waals surface area contributed by atoms with E-state index in [1.807, 2.05) is 0 Å². The minimum absolute atomic E-state index is 0.0260. The lowest BCUT2D eigenvalue weighted by atomic mass is 9.43. The normalized spacial score (nSPS) is 12.9. The van der Waals surface area contributed by atoms with Crippen LogP contribution in [0.25, 0.3) is 77.2 Å². The first kappa shape index (κ1) is 50.2. The van der Waals surface area contributed by atoms with E-state index in [2.05, 4.69) is 323 Å². The predicted octanol–water partition coefficient (Wildman–Crippen LogP) is 20.5. The number of fused-ring (bicyclic) bond motifs is 10. The molecule has 3 heterocycles. The molecule has 2 aliphatic heterocycles. The van der Waals surface area contributed by atoms with E-state index < -0.39 is 0 Å². The quantitative estimate of drug-likeness (QED) is 0.141. The van der Waals surface area contributed by atoms with Crippen LogP contribution in [0, 0.1) is 0 Å². The summed E-state index contributed by atoms with van der Waals surface area (Å²) in [7, 11) is 0. The minimum Gasteiger partial charge on any atom is -0.456 e. The average Bonchev–Trinajstić information content (AvgIpc) is 1.95. The summed E-state index contributed by atoms with van der Waals surface area (Å²) in [5.41, 5.74) is 25.0. The highest BCUT2D eigenvalue weighted by Crippen LogP contribution is 2.54. The lowest BCUT2D eigenvalue weighted by Gasteiger charge is -2.47. The van der Waals surface area contributed by atoms with Crippen molar-refractivity contribution < 1.29 is 4.42 Å². The number of rotatable bonds is 8. The van der Waals surface area contributed by atoms with E-state index in [1.165, 1.54) is 77.3 Å². The third kappa shape index (κ3) is 8.44. The summed E-state index contributed by atoms with van der Waals surface area (Å²) in [4.78, 5) is 7.69. The molecule has 13 aromatic rings. The van der Waals surface area contributed by atoms with Gasteiger partial charge in [-0.1, -0.05) is 224 Å². The van der Waals surface area contributed by atoms with Gasteiger partial charge < -0.3 is 19.0 Å². The Morgan fingerprint density at radius 3 is 1.53 bits per heavy atom. The molecule has 0 N–H and O–H groups in total. The molecule has 15 rings (SSSR count). The fourth-order valence-corrected chi connectivity index (χ4v) is 13.2. The molecule has 0 amide bonds. The number of anilines is 8. The van der Waals surface area contributed by atoms with Gasteiger partial charge in [0, 0.05) is 61.7 Å². The Balaban J connectivity index is 1.05. The van der Waals surface area contributed by atoms with Crippen molar-refractivity contribution in [2.24, 2.45) is 0 Å². The van der Waals surface area contributed by atoms with E-state index in [4.69, 9.17) is 4.42 Å². The highest BCUT2D eigenvalue weighted by Gasteiger charge is 2.47. The monoisotopic (exact) mass is 1070 g/mol. The van der Waals surface area contributed by atoms with E-state index in [9.17, 15) is 0 Å². The Kier molecular flexibility index (Phi) is 11.7. The third-order valence-electron chi connectivity index (χ3n) is 17.3. The molecule has 2 aliphatic rings. The molecule has 0 saturated carbocycles. The summed E-state index contributed by atoms with van der Waals surface area (Å²) >= 11 is 0. The van der Waals surface area contributed by atoms with Crippen LogP contribution in [0.3, 0.4) is 0 Å². The van der Waals surface area contributed by atoms with Crippen LogP contribution in [-0.4, -0.2) is 6.85 Å². The molecule has 5 heteroatoms. The highest BCUT2D eigenvalue weighted by molar-refractivity contribution is 6.94. The van der Waals surface area contributed by atoms with E-state index in [1.54, 1.807) is 0 Å².